The van der Waals surface area contributed by atoms with Crippen LogP contribution in [0.5, 0.6) is 17.2 Å². The molecule has 1 heterocycles. The first kappa shape index (κ1) is 20.5. The Kier molecular flexibility index (Phi) is 5.98. The smallest absolute Gasteiger partial charge is 0.323 e. The van der Waals surface area contributed by atoms with Crippen LogP contribution < -0.4 is 19.6 Å². The largest absolute Gasteiger partial charge is 0.493 e. The van der Waals surface area contributed by atoms with Gasteiger partial charge in [0.2, 0.25) is 5.75 Å². The molecule has 3 aromatic rings. The first-order chi connectivity index (χ1) is 13.9. The van der Waals surface area contributed by atoms with E-state index in [4.69, 9.17) is 25.8 Å². The van der Waals surface area contributed by atoms with E-state index < -0.39 is 5.97 Å². The highest BCUT2D eigenvalue weighted by Crippen LogP contribution is 2.40. The van der Waals surface area contributed by atoms with Crippen molar-refractivity contribution >= 4 is 28.5 Å². The Hall–Kier alpha value is -3.19. The molecule has 0 unspecified atom stereocenters. The number of pyridine rings is 1. The van der Waals surface area contributed by atoms with Crippen LogP contribution >= 0.6 is 11.6 Å². The highest BCUT2D eigenvalue weighted by molar-refractivity contribution is 6.31. The molecule has 2 aromatic carbocycles. The van der Waals surface area contributed by atoms with E-state index in [0.717, 1.165) is 0 Å². The maximum Gasteiger partial charge on any atom is 0.323 e. The number of benzene rings is 2. The summed E-state index contributed by atoms with van der Waals surface area (Å²) in [5, 5.41) is 10.0. The number of carboxylic acid groups (broad SMARTS) is 1. The van der Waals surface area contributed by atoms with Crippen LogP contribution in [-0.4, -0.2) is 37.0 Å². The summed E-state index contributed by atoms with van der Waals surface area (Å²) in [5.74, 6) is 0.352. The molecule has 0 aliphatic rings. The van der Waals surface area contributed by atoms with E-state index in [1.807, 2.05) is 0 Å². The van der Waals surface area contributed by atoms with Crippen LogP contribution in [0.25, 0.3) is 10.9 Å². The third kappa shape index (κ3) is 4.00. The van der Waals surface area contributed by atoms with E-state index in [1.54, 1.807) is 36.5 Å². The average Bonchev–Trinajstić information content (AvgIpc) is 2.70. The van der Waals surface area contributed by atoms with Gasteiger partial charge in [0.15, 0.2) is 16.9 Å². The van der Waals surface area contributed by atoms with E-state index in [1.165, 1.54) is 25.9 Å². The molecule has 8 heteroatoms. The predicted octanol–water partition coefficient (Wildman–Crippen LogP) is 3.36. The fraction of sp³-hybridized carbons (Fsp3) is 0.238. The lowest BCUT2D eigenvalue weighted by Crippen LogP contribution is -2.18. The Morgan fingerprint density at radius 1 is 1.03 bits per heavy atom. The molecule has 29 heavy (non-hydrogen) atoms. The van der Waals surface area contributed by atoms with Crippen LogP contribution in [0.1, 0.15) is 11.1 Å². The van der Waals surface area contributed by atoms with Crippen molar-refractivity contribution in [1.82, 2.24) is 4.57 Å². The third-order valence-corrected chi connectivity index (χ3v) is 4.82. The van der Waals surface area contributed by atoms with Gasteiger partial charge >= 0.3 is 5.97 Å². The Bertz CT molecular complexity index is 1140. The van der Waals surface area contributed by atoms with Crippen LogP contribution in [0.3, 0.4) is 0 Å². The number of halogens is 1. The molecule has 152 valence electrons. The lowest BCUT2D eigenvalue weighted by Gasteiger charge is -2.17. The molecule has 0 aliphatic heterocycles. The minimum atomic E-state index is -1.01. The number of nitrogens with zero attached hydrogens (tertiary/aromatic N) is 1. The van der Waals surface area contributed by atoms with Crippen molar-refractivity contribution in [3.8, 4) is 17.2 Å². The third-order valence-electron chi connectivity index (χ3n) is 4.59. The van der Waals surface area contributed by atoms with E-state index in [0.29, 0.717) is 44.3 Å². The van der Waals surface area contributed by atoms with Crippen LogP contribution in [0.4, 0.5) is 0 Å². The number of fused-ring (bicyclic) bond motifs is 1. The molecule has 0 bridgehead atoms. The van der Waals surface area contributed by atoms with Gasteiger partial charge in [0, 0.05) is 34.2 Å². The summed E-state index contributed by atoms with van der Waals surface area (Å²) < 4.78 is 17.7. The van der Waals surface area contributed by atoms with Crippen molar-refractivity contribution in [3.05, 3.63) is 62.9 Å². The first-order valence-electron chi connectivity index (χ1n) is 8.70. The van der Waals surface area contributed by atoms with Crippen LogP contribution in [0.15, 0.2) is 41.3 Å². The van der Waals surface area contributed by atoms with Gasteiger partial charge in [-0.05, 0) is 24.3 Å². The van der Waals surface area contributed by atoms with Crippen LogP contribution in [0, 0.1) is 0 Å². The molecular formula is C21H20ClNO6. The fourth-order valence-electron chi connectivity index (χ4n) is 3.34. The highest BCUT2D eigenvalue weighted by Gasteiger charge is 2.18. The molecule has 0 atom stereocenters. The number of hydrogen-bond donors (Lipinski definition) is 1. The minimum Gasteiger partial charge on any atom is -0.493 e. The van der Waals surface area contributed by atoms with E-state index in [-0.39, 0.29) is 18.4 Å². The Balaban J connectivity index is 2.19. The normalized spacial score (nSPS) is 10.8. The van der Waals surface area contributed by atoms with Crippen molar-refractivity contribution < 1.29 is 24.1 Å². The van der Waals surface area contributed by atoms with Crippen LogP contribution in [0.2, 0.25) is 5.02 Å². The molecule has 1 N–H and O–H groups in total. The zero-order valence-electron chi connectivity index (χ0n) is 16.2. The fourth-order valence-corrected chi connectivity index (χ4v) is 3.51. The molecule has 1 aromatic heterocycles. The molecule has 0 fully saturated rings. The summed E-state index contributed by atoms with van der Waals surface area (Å²) in [7, 11) is 4.53. The van der Waals surface area contributed by atoms with Gasteiger partial charge in [0.25, 0.3) is 0 Å². The van der Waals surface area contributed by atoms with Crippen molar-refractivity contribution in [2.45, 2.75) is 13.0 Å². The molecule has 0 radical (unpaired) electrons. The van der Waals surface area contributed by atoms with E-state index >= 15 is 0 Å². The van der Waals surface area contributed by atoms with Gasteiger partial charge < -0.3 is 23.9 Å². The monoisotopic (exact) mass is 417 g/mol. The lowest BCUT2D eigenvalue weighted by molar-refractivity contribution is -0.137. The highest BCUT2D eigenvalue weighted by atomic mass is 35.5. The van der Waals surface area contributed by atoms with Crippen molar-refractivity contribution in [3.63, 3.8) is 0 Å². The van der Waals surface area contributed by atoms with Gasteiger partial charge in [-0.15, -0.1) is 0 Å². The van der Waals surface area contributed by atoms with Gasteiger partial charge in [0.1, 0.15) is 6.54 Å². The zero-order valence-corrected chi connectivity index (χ0v) is 16.9. The first-order valence-corrected chi connectivity index (χ1v) is 9.08. The summed E-state index contributed by atoms with van der Waals surface area (Å²) in [4.78, 5) is 24.4. The van der Waals surface area contributed by atoms with E-state index in [2.05, 4.69) is 0 Å². The molecule has 0 aliphatic carbocycles. The SMILES string of the molecule is COc1ccc(Cc2cn(CC(=O)O)c3ccc(Cl)cc3c2=O)c(OC)c1OC. The standard InChI is InChI=1S/C21H20ClNO6/c1-27-17-7-4-12(20(28-2)21(17)29-3)8-13-10-23(11-18(24)25)16-6-5-14(22)9-15(16)19(13)26/h4-7,9-10H,8,11H2,1-3H3,(H,24,25). The summed E-state index contributed by atoms with van der Waals surface area (Å²) in [5.41, 5.74) is 1.39. The summed E-state index contributed by atoms with van der Waals surface area (Å²) in [6.07, 6.45) is 1.77. The summed E-state index contributed by atoms with van der Waals surface area (Å²) in [6.45, 7) is -0.283. The number of aliphatic carboxylic acids is 1. The molecule has 0 spiro atoms. The Morgan fingerprint density at radius 3 is 2.38 bits per heavy atom. The predicted molar refractivity (Wildman–Crippen MR) is 110 cm³/mol. The van der Waals surface area contributed by atoms with Gasteiger partial charge in [-0.3, -0.25) is 9.59 Å². The van der Waals surface area contributed by atoms with Gasteiger partial charge in [-0.2, -0.15) is 0 Å². The number of aromatic nitrogens is 1. The summed E-state index contributed by atoms with van der Waals surface area (Å²) >= 11 is 6.07. The van der Waals surface area contributed by atoms with Gasteiger partial charge in [-0.25, -0.2) is 0 Å². The number of rotatable bonds is 7. The molecule has 0 saturated carbocycles. The second-order valence-electron chi connectivity index (χ2n) is 6.34. The number of methoxy groups -OCH3 is 3. The lowest BCUT2D eigenvalue weighted by atomic mass is 10.0. The maximum atomic E-state index is 13.1. The molecule has 3 rings (SSSR count). The Morgan fingerprint density at radius 2 is 1.76 bits per heavy atom. The number of carbonyl (C=O) groups is 1. The number of carboxylic acids is 1. The number of hydrogen-bond acceptors (Lipinski definition) is 5. The second kappa shape index (κ2) is 8.45. The van der Waals surface area contributed by atoms with Crippen molar-refractivity contribution in [2.75, 3.05) is 21.3 Å². The molecule has 0 saturated heterocycles. The van der Waals surface area contributed by atoms with Crippen molar-refractivity contribution in [2.24, 2.45) is 0 Å². The minimum absolute atomic E-state index is 0.213. The number of ether oxygens (including phenoxy) is 3. The summed E-state index contributed by atoms with van der Waals surface area (Å²) in [6, 6.07) is 8.32. The van der Waals surface area contributed by atoms with Crippen LogP contribution in [-0.2, 0) is 17.8 Å². The quantitative estimate of drug-likeness (QED) is 0.634. The zero-order chi connectivity index (χ0) is 21.1. The topological polar surface area (TPSA) is 87.0 Å². The Labute approximate surface area is 172 Å². The van der Waals surface area contributed by atoms with Gasteiger partial charge in [0.05, 0.1) is 26.8 Å². The molecular weight excluding hydrogens is 398 g/mol. The maximum absolute atomic E-state index is 13.1. The van der Waals surface area contributed by atoms with Crippen molar-refractivity contribution in [1.29, 1.82) is 0 Å². The molecule has 7 nitrogen and oxygen atoms in total. The van der Waals surface area contributed by atoms with Gasteiger partial charge in [-0.1, -0.05) is 17.7 Å². The average molecular weight is 418 g/mol. The second-order valence-corrected chi connectivity index (χ2v) is 6.77. The van der Waals surface area contributed by atoms with E-state index in [9.17, 15) is 14.7 Å². The molecule has 0 amide bonds.